The van der Waals surface area contributed by atoms with Crippen LogP contribution in [0.15, 0.2) is 24.8 Å². The molecule has 4 nitrogen and oxygen atoms in total. The molecule has 0 spiro atoms. The van der Waals surface area contributed by atoms with E-state index < -0.39 is 11.8 Å². The number of ether oxygens (including phenoxy) is 2. The molecular formula is C14H24O4. The molecule has 0 heterocycles. The zero-order valence-corrected chi connectivity index (χ0v) is 11.5. The average Bonchev–Trinajstić information content (AvgIpc) is 2.26. The molecule has 0 aliphatic heterocycles. The first kappa shape index (κ1) is 16.7. The predicted octanol–water partition coefficient (Wildman–Crippen LogP) is 3.07. The van der Waals surface area contributed by atoms with Gasteiger partial charge < -0.3 is 14.6 Å². The number of hydrogen-bond donors (Lipinski definition) is 1. The molecule has 0 rings (SSSR count). The lowest BCUT2D eigenvalue weighted by Crippen LogP contribution is -2.27. The number of unbranched alkanes of at least 4 members (excludes halogenated alkanes) is 1. The van der Waals surface area contributed by atoms with Crippen LogP contribution < -0.4 is 0 Å². The minimum atomic E-state index is -0.806. The Morgan fingerprint density at radius 1 is 1.44 bits per heavy atom. The third-order valence-corrected chi connectivity index (χ3v) is 2.41. The van der Waals surface area contributed by atoms with E-state index in [9.17, 15) is 9.90 Å². The van der Waals surface area contributed by atoms with Crippen molar-refractivity contribution in [3.8, 4) is 0 Å². The fraction of sp³-hybridized carbons (Fsp3) is 0.643. The zero-order chi connectivity index (χ0) is 14.0. The van der Waals surface area contributed by atoms with Crippen LogP contribution >= 0.6 is 0 Å². The van der Waals surface area contributed by atoms with Crippen molar-refractivity contribution in [2.24, 2.45) is 5.92 Å². The Bertz CT molecular complexity index is 276. The van der Waals surface area contributed by atoms with Crippen molar-refractivity contribution < 1.29 is 19.4 Å². The minimum absolute atomic E-state index is 0.0801. The number of carbonyl (C=O) groups excluding carboxylic acids is 1. The molecule has 104 valence electrons. The lowest BCUT2D eigenvalue weighted by Gasteiger charge is -2.23. The Labute approximate surface area is 109 Å². The summed E-state index contributed by atoms with van der Waals surface area (Å²) in [6.07, 6.45) is 6.47. The van der Waals surface area contributed by atoms with Crippen LogP contribution in [0.5, 0.6) is 0 Å². The first-order chi connectivity index (χ1) is 8.41. The lowest BCUT2D eigenvalue weighted by atomic mass is 9.90. The van der Waals surface area contributed by atoms with Crippen LogP contribution in [0.1, 0.15) is 33.6 Å². The molecule has 0 aliphatic carbocycles. The Balaban J connectivity index is 3.77. The van der Waals surface area contributed by atoms with E-state index in [1.54, 1.807) is 26.8 Å². The highest BCUT2D eigenvalue weighted by atomic mass is 16.7. The van der Waals surface area contributed by atoms with Gasteiger partial charge in [0.05, 0.1) is 18.8 Å². The van der Waals surface area contributed by atoms with Gasteiger partial charge in [-0.15, -0.1) is 6.58 Å². The highest BCUT2D eigenvalue weighted by Crippen LogP contribution is 2.19. The summed E-state index contributed by atoms with van der Waals surface area (Å²) in [5.41, 5.74) is -0.806. The summed E-state index contributed by atoms with van der Waals surface area (Å²) in [4.78, 5) is 10.9. The second-order valence-corrected chi connectivity index (χ2v) is 4.52. The topological polar surface area (TPSA) is 55.8 Å². The normalized spacial score (nSPS) is 13.3. The summed E-state index contributed by atoms with van der Waals surface area (Å²) >= 11 is 0. The van der Waals surface area contributed by atoms with Gasteiger partial charge in [-0.1, -0.05) is 18.2 Å². The maximum atomic E-state index is 10.9. The predicted molar refractivity (Wildman–Crippen MR) is 71.3 cm³/mol. The van der Waals surface area contributed by atoms with Gasteiger partial charge in [0.2, 0.25) is 0 Å². The third kappa shape index (κ3) is 7.90. The van der Waals surface area contributed by atoms with Crippen molar-refractivity contribution in [3.63, 3.8) is 0 Å². The minimum Gasteiger partial charge on any atom is -0.435 e. The highest BCUT2D eigenvalue weighted by Gasteiger charge is 2.20. The number of hydrogen-bond acceptors (Lipinski definition) is 4. The van der Waals surface area contributed by atoms with E-state index >= 15 is 0 Å². The van der Waals surface area contributed by atoms with Gasteiger partial charge in [-0.05, 0) is 33.6 Å². The molecule has 0 radical (unpaired) electrons. The summed E-state index contributed by atoms with van der Waals surface area (Å²) in [5, 5.41) is 9.80. The monoisotopic (exact) mass is 256 g/mol. The van der Waals surface area contributed by atoms with Gasteiger partial charge in [0, 0.05) is 5.92 Å². The van der Waals surface area contributed by atoms with Gasteiger partial charge in [0.25, 0.3) is 0 Å². The van der Waals surface area contributed by atoms with Gasteiger partial charge in [0.15, 0.2) is 0 Å². The average molecular weight is 256 g/mol. The maximum absolute atomic E-state index is 10.9. The van der Waals surface area contributed by atoms with Crippen LogP contribution in [-0.4, -0.2) is 30.1 Å². The Kier molecular flexibility index (Phi) is 8.12. The lowest BCUT2D eigenvalue weighted by molar-refractivity contribution is 0.0545. The van der Waals surface area contributed by atoms with Gasteiger partial charge in [-0.3, -0.25) is 0 Å². The Morgan fingerprint density at radius 3 is 2.61 bits per heavy atom. The van der Waals surface area contributed by atoms with E-state index in [0.29, 0.717) is 13.2 Å². The highest BCUT2D eigenvalue weighted by molar-refractivity contribution is 5.59. The first-order valence-corrected chi connectivity index (χ1v) is 6.23. The van der Waals surface area contributed by atoms with Crippen molar-refractivity contribution in [2.75, 3.05) is 13.2 Å². The van der Waals surface area contributed by atoms with E-state index in [0.717, 1.165) is 12.8 Å². The van der Waals surface area contributed by atoms with E-state index in [-0.39, 0.29) is 5.92 Å². The molecule has 0 aromatic rings. The molecule has 1 unspecified atom stereocenters. The fourth-order valence-corrected chi connectivity index (χ4v) is 1.36. The van der Waals surface area contributed by atoms with E-state index in [1.165, 1.54) is 0 Å². The molecule has 4 heteroatoms. The molecule has 18 heavy (non-hydrogen) atoms. The van der Waals surface area contributed by atoms with Gasteiger partial charge in [-0.2, -0.15) is 0 Å². The second-order valence-electron chi connectivity index (χ2n) is 4.52. The molecule has 0 amide bonds. The van der Waals surface area contributed by atoms with Crippen LogP contribution in [0.3, 0.4) is 0 Å². The SMILES string of the molecule is C=CC(/C=C\CCCOC(=O)OCC)C(C)(C)O. The molecule has 1 atom stereocenters. The van der Waals surface area contributed by atoms with Gasteiger partial charge in [0.1, 0.15) is 0 Å². The Morgan fingerprint density at radius 2 is 2.11 bits per heavy atom. The molecule has 0 saturated heterocycles. The van der Waals surface area contributed by atoms with Gasteiger partial charge in [-0.25, -0.2) is 4.79 Å². The molecule has 0 fully saturated rings. The quantitative estimate of drug-likeness (QED) is 0.412. The molecule has 0 bridgehead atoms. The smallest absolute Gasteiger partial charge is 0.435 e. The molecule has 0 aromatic heterocycles. The van der Waals surface area contributed by atoms with Crippen LogP contribution in [-0.2, 0) is 9.47 Å². The largest absolute Gasteiger partial charge is 0.508 e. The van der Waals surface area contributed by atoms with Crippen LogP contribution in [0.25, 0.3) is 0 Å². The fourth-order valence-electron chi connectivity index (χ4n) is 1.36. The first-order valence-electron chi connectivity index (χ1n) is 6.23. The molecule has 1 N–H and O–H groups in total. The summed E-state index contributed by atoms with van der Waals surface area (Å²) in [5.74, 6) is -0.0801. The van der Waals surface area contributed by atoms with Crippen molar-refractivity contribution in [1.29, 1.82) is 0 Å². The number of aliphatic hydroxyl groups is 1. The van der Waals surface area contributed by atoms with Crippen molar-refractivity contribution in [3.05, 3.63) is 24.8 Å². The van der Waals surface area contributed by atoms with Gasteiger partial charge >= 0.3 is 6.16 Å². The summed E-state index contributed by atoms with van der Waals surface area (Å²) < 4.78 is 9.44. The second kappa shape index (κ2) is 8.75. The number of allylic oxidation sites excluding steroid dienone is 1. The molecule has 0 aliphatic rings. The van der Waals surface area contributed by atoms with Crippen molar-refractivity contribution in [2.45, 2.75) is 39.2 Å². The van der Waals surface area contributed by atoms with Crippen LogP contribution in [0, 0.1) is 5.92 Å². The third-order valence-electron chi connectivity index (χ3n) is 2.41. The molecular weight excluding hydrogens is 232 g/mol. The maximum Gasteiger partial charge on any atom is 0.508 e. The van der Waals surface area contributed by atoms with E-state index in [2.05, 4.69) is 11.3 Å². The summed E-state index contributed by atoms with van der Waals surface area (Å²) in [7, 11) is 0. The molecule has 0 saturated carbocycles. The number of rotatable bonds is 8. The van der Waals surface area contributed by atoms with Crippen molar-refractivity contribution >= 4 is 6.16 Å². The molecule has 0 aromatic carbocycles. The van der Waals surface area contributed by atoms with E-state index in [4.69, 9.17) is 4.74 Å². The van der Waals surface area contributed by atoms with E-state index in [1.807, 2.05) is 12.2 Å². The number of carbonyl (C=O) groups is 1. The Hall–Kier alpha value is -1.29. The van der Waals surface area contributed by atoms with Crippen molar-refractivity contribution in [1.82, 2.24) is 0 Å². The zero-order valence-electron chi connectivity index (χ0n) is 11.5. The van der Waals surface area contributed by atoms with Crippen LogP contribution in [0.2, 0.25) is 0 Å². The van der Waals surface area contributed by atoms with Crippen LogP contribution in [0.4, 0.5) is 4.79 Å². The summed E-state index contributed by atoms with van der Waals surface area (Å²) in [6.45, 7) is 9.57. The summed E-state index contributed by atoms with van der Waals surface area (Å²) in [6, 6.07) is 0. The standard InChI is InChI=1S/C14H24O4/c1-5-12(14(3,4)16)10-8-7-9-11-18-13(15)17-6-2/h5,8,10,12,16H,1,6-7,9,11H2,2-4H3/b10-8-.